The number of nitrogens with zero attached hydrogens (tertiary/aromatic N) is 1. The van der Waals surface area contributed by atoms with Gasteiger partial charge in [-0.1, -0.05) is 15.9 Å². The van der Waals surface area contributed by atoms with Crippen LogP contribution in [0.15, 0.2) is 50.4 Å². The van der Waals surface area contributed by atoms with E-state index < -0.39 is 0 Å². The second-order valence-electron chi connectivity index (χ2n) is 4.67. The quantitative estimate of drug-likeness (QED) is 0.519. The minimum atomic E-state index is -0.352. The lowest BCUT2D eigenvalue weighted by Gasteiger charge is -2.07. The van der Waals surface area contributed by atoms with Crippen molar-refractivity contribution in [3.8, 4) is 11.5 Å². The zero-order valence-electron chi connectivity index (χ0n) is 13.2. The Balaban J connectivity index is 2.07. The summed E-state index contributed by atoms with van der Waals surface area (Å²) < 4.78 is 12.2. The molecule has 2 rings (SSSR count). The third-order valence-electron chi connectivity index (χ3n) is 3.04. The molecule has 24 heavy (non-hydrogen) atoms. The smallest absolute Gasteiger partial charge is 0.275 e. The Hall–Kier alpha value is -1.86. The van der Waals surface area contributed by atoms with E-state index >= 15 is 0 Å². The van der Waals surface area contributed by atoms with Crippen molar-refractivity contribution < 1.29 is 14.3 Å². The summed E-state index contributed by atoms with van der Waals surface area (Å²) in [6.45, 7) is 2.52. The van der Waals surface area contributed by atoms with Gasteiger partial charge in [0.2, 0.25) is 0 Å². The number of rotatable bonds is 6. The molecule has 2 aromatic carbocycles. The van der Waals surface area contributed by atoms with Crippen molar-refractivity contribution >= 4 is 44.0 Å². The molecule has 7 heteroatoms. The monoisotopic (exact) mass is 454 g/mol. The van der Waals surface area contributed by atoms with Gasteiger partial charge >= 0.3 is 0 Å². The van der Waals surface area contributed by atoms with Crippen LogP contribution in [0.5, 0.6) is 11.5 Å². The van der Waals surface area contributed by atoms with Gasteiger partial charge in [-0.25, -0.2) is 5.43 Å². The molecule has 1 amide bonds. The normalized spacial score (nSPS) is 10.7. The molecular formula is C17H16Br2N2O3. The van der Waals surface area contributed by atoms with Gasteiger partial charge in [-0.2, -0.15) is 5.10 Å². The number of hydrogen-bond acceptors (Lipinski definition) is 4. The van der Waals surface area contributed by atoms with Crippen LogP contribution in [0.1, 0.15) is 22.8 Å². The maximum absolute atomic E-state index is 12.2. The molecule has 2 aromatic rings. The minimum Gasteiger partial charge on any atom is -0.496 e. The molecule has 0 aliphatic heterocycles. The van der Waals surface area contributed by atoms with Gasteiger partial charge in [0, 0.05) is 4.47 Å². The number of hydrogen-bond donors (Lipinski definition) is 1. The number of methoxy groups -OCH3 is 1. The van der Waals surface area contributed by atoms with E-state index in [-0.39, 0.29) is 5.91 Å². The summed E-state index contributed by atoms with van der Waals surface area (Å²) in [5, 5.41) is 3.98. The third-order valence-corrected chi connectivity index (χ3v) is 4.15. The molecule has 0 saturated heterocycles. The Kier molecular flexibility index (Phi) is 6.81. The van der Waals surface area contributed by atoms with Gasteiger partial charge in [0.15, 0.2) is 0 Å². The topological polar surface area (TPSA) is 59.9 Å². The Morgan fingerprint density at radius 2 is 1.96 bits per heavy atom. The van der Waals surface area contributed by atoms with Crippen LogP contribution >= 0.6 is 31.9 Å². The summed E-state index contributed by atoms with van der Waals surface area (Å²) in [4.78, 5) is 12.2. The summed E-state index contributed by atoms with van der Waals surface area (Å²) in [6, 6.07) is 10.7. The van der Waals surface area contributed by atoms with Crippen molar-refractivity contribution in [1.29, 1.82) is 0 Å². The second-order valence-corrected chi connectivity index (χ2v) is 6.44. The van der Waals surface area contributed by atoms with Crippen molar-refractivity contribution in [2.45, 2.75) is 6.92 Å². The molecule has 0 unspecified atom stereocenters. The van der Waals surface area contributed by atoms with Gasteiger partial charge in [-0.05, 0) is 64.8 Å². The summed E-state index contributed by atoms with van der Waals surface area (Å²) >= 11 is 6.77. The highest BCUT2D eigenvalue weighted by molar-refractivity contribution is 9.10. The zero-order chi connectivity index (χ0) is 17.5. The fourth-order valence-corrected chi connectivity index (χ4v) is 2.83. The van der Waals surface area contributed by atoms with E-state index in [0.29, 0.717) is 17.9 Å². The average Bonchev–Trinajstić information content (AvgIpc) is 2.57. The van der Waals surface area contributed by atoms with E-state index in [4.69, 9.17) is 9.47 Å². The molecule has 0 radical (unpaired) electrons. The van der Waals surface area contributed by atoms with Gasteiger partial charge in [0.05, 0.1) is 30.0 Å². The second kappa shape index (κ2) is 8.84. The molecule has 5 nitrogen and oxygen atoms in total. The first-order valence-corrected chi connectivity index (χ1v) is 8.73. The molecule has 0 aliphatic rings. The first kappa shape index (κ1) is 18.5. The molecule has 0 saturated carbocycles. The van der Waals surface area contributed by atoms with Crippen LogP contribution in [0.2, 0.25) is 0 Å². The highest BCUT2D eigenvalue weighted by Crippen LogP contribution is 2.25. The molecule has 1 N–H and O–H groups in total. The van der Waals surface area contributed by atoms with Gasteiger partial charge < -0.3 is 9.47 Å². The lowest BCUT2D eigenvalue weighted by atomic mass is 10.2. The van der Waals surface area contributed by atoms with Crippen LogP contribution in [-0.2, 0) is 0 Å². The largest absolute Gasteiger partial charge is 0.496 e. The van der Waals surface area contributed by atoms with Crippen LogP contribution in [0.25, 0.3) is 0 Å². The molecule has 0 fully saturated rings. The number of halogens is 2. The van der Waals surface area contributed by atoms with E-state index in [1.807, 2.05) is 25.1 Å². The minimum absolute atomic E-state index is 0.352. The maximum atomic E-state index is 12.2. The lowest BCUT2D eigenvalue weighted by molar-refractivity contribution is 0.0952. The van der Waals surface area contributed by atoms with E-state index in [1.54, 1.807) is 24.4 Å². The van der Waals surface area contributed by atoms with Crippen LogP contribution in [-0.4, -0.2) is 25.8 Å². The van der Waals surface area contributed by atoms with E-state index in [2.05, 4.69) is 42.4 Å². The number of amides is 1. The molecule has 0 bridgehead atoms. The number of benzene rings is 2. The number of nitrogens with one attached hydrogen (secondary N) is 1. The predicted octanol–water partition coefficient (Wildman–Crippen LogP) is 4.38. The number of carbonyl (C=O) groups excluding carboxylic acids is 1. The Morgan fingerprint density at radius 3 is 2.62 bits per heavy atom. The molecule has 126 valence electrons. The Labute approximate surface area is 157 Å². The zero-order valence-corrected chi connectivity index (χ0v) is 16.3. The van der Waals surface area contributed by atoms with Gasteiger partial charge in [0.1, 0.15) is 11.5 Å². The molecular weight excluding hydrogens is 440 g/mol. The molecule has 0 spiro atoms. The SMILES string of the molecule is CCOc1ccc(/C=N\NC(=O)c2cc(Br)ccc2OC)cc1Br. The third kappa shape index (κ3) is 4.82. The number of hydrazone groups is 1. The molecule has 0 heterocycles. The number of ether oxygens (including phenoxy) is 2. The standard InChI is InChI=1S/C17H16Br2N2O3/c1-3-24-16-6-4-11(8-14(16)19)10-20-21-17(22)13-9-12(18)5-7-15(13)23-2/h4-10H,3H2,1-2H3,(H,21,22)/b20-10-. The summed E-state index contributed by atoms with van der Waals surface area (Å²) in [7, 11) is 1.51. The highest BCUT2D eigenvalue weighted by Gasteiger charge is 2.12. The van der Waals surface area contributed by atoms with Gasteiger partial charge in [-0.3, -0.25) is 4.79 Å². The fourth-order valence-electron chi connectivity index (χ4n) is 1.95. The van der Waals surface area contributed by atoms with Crippen molar-refractivity contribution in [2.75, 3.05) is 13.7 Å². The molecule has 0 aliphatic carbocycles. The predicted molar refractivity (Wildman–Crippen MR) is 101 cm³/mol. The van der Waals surface area contributed by atoms with E-state index in [9.17, 15) is 4.79 Å². The summed E-state index contributed by atoms with van der Waals surface area (Å²) in [6.07, 6.45) is 1.56. The first-order valence-electron chi connectivity index (χ1n) is 7.14. The van der Waals surface area contributed by atoms with E-state index in [1.165, 1.54) is 7.11 Å². The van der Waals surface area contributed by atoms with Crippen molar-refractivity contribution in [3.63, 3.8) is 0 Å². The first-order chi connectivity index (χ1) is 11.5. The van der Waals surface area contributed by atoms with Crippen LogP contribution < -0.4 is 14.9 Å². The number of carbonyl (C=O) groups is 1. The van der Waals surface area contributed by atoms with Gasteiger partial charge in [0.25, 0.3) is 5.91 Å². The van der Waals surface area contributed by atoms with Gasteiger partial charge in [-0.15, -0.1) is 0 Å². The Bertz CT molecular complexity index is 763. The Morgan fingerprint density at radius 1 is 1.21 bits per heavy atom. The highest BCUT2D eigenvalue weighted by atomic mass is 79.9. The van der Waals surface area contributed by atoms with E-state index in [0.717, 1.165) is 20.3 Å². The molecule has 0 aromatic heterocycles. The summed E-state index contributed by atoms with van der Waals surface area (Å²) in [5.74, 6) is 0.890. The molecule has 0 atom stereocenters. The maximum Gasteiger partial charge on any atom is 0.275 e. The van der Waals surface area contributed by atoms with Crippen molar-refractivity contribution in [1.82, 2.24) is 5.43 Å². The van der Waals surface area contributed by atoms with Crippen molar-refractivity contribution in [3.05, 3.63) is 56.5 Å². The summed E-state index contributed by atoms with van der Waals surface area (Å²) in [5.41, 5.74) is 3.72. The van der Waals surface area contributed by atoms with Crippen molar-refractivity contribution in [2.24, 2.45) is 5.10 Å². The fraction of sp³-hybridized carbons (Fsp3) is 0.176. The van der Waals surface area contributed by atoms with Crippen LogP contribution in [0.4, 0.5) is 0 Å². The average molecular weight is 456 g/mol. The lowest BCUT2D eigenvalue weighted by Crippen LogP contribution is -2.18. The van der Waals surface area contributed by atoms with Crippen LogP contribution in [0.3, 0.4) is 0 Å². The van der Waals surface area contributed by atoms with Crippen LogP contribution in [0, 0.1) is 0 Å².